The Hall–Kier alpha value is -1.04. The fourth-order valence-electron chi connectivity index (χ4n) is 1.78. The van der Waals surface area contributed by atoms with Crippen LogP contribution in [0.4, 0.5) is 0 Å². The molecule has 0 bridgehead atoms. The highest BCUT2D eigenvalue weighted by Crippen LogP contribution is 2.21. The van der Waals surface area contributed by atoms with Crippen LogP contribution in [-0.2, 0) is 0 Å². The van der Waals surface area contributed by atoms with E-state index in [2.05, 4.69) is 41.8 Å². The van der Waals surface area contributed by atoms with Gasteiger partial charge in [-0.05, 0) is 12.0 Å². The molecule has 1 amide bonds. The molecular formula is C14H16INO2. The molecular weight excluding hydrogens is 341 g/mol. The van der Waals surface area contributed by atoms with Gasteiger partial charge in [-0.2, -0.15) is 0 Å². The Bertz CT molecular complexity index is 547. The normalized spacial score (nSPS) is 12.9. The number of furan rings is 1. The average Bonchev–Trinajstić information content (AvgIpc) is 2.79. The van der Waals surface area contributed by atoms with Crippen LogP contribution < -0.4 is 5.32 Å². The van der Waals surface area contributed by atoms with E-state index < -0.39 is 0 Å². The maximum absolute atomic E-state index is 12.2. The van der Waals surface area contributed by atoms with Gasteiger partial charge in [0, 0.05) is 15.9 Å². The van der Waals surface area contributed by atoms with Crippen molar-refractivity contribution in [3.8, 4) is 0 Å². The molecule has 1 aromatic heterocycles. The molecule has 0 saturated carbocycles. The van der Waals surface area contributed by atoms with Gasteiger partial charge in [-0.1, -0.05) is 54.6 Å². The summed E-state index contributed by atoms with van der Waals surface area (Å²) in [5, 5.41) is 3.92. The fraction of sp³-hybridized carbons (Fsp3) is 0.357. The summed E-state index contributed by atoms with van der Waals surface area (Å²) >= 11 is 2.30. The van der Waals surface area contributed by atoms with Crippen LogP contribution in [0.3, 0.4) is 0 Å². The maximum Gasteiger partial charge on any atom is 0.255 e. The number of carbonyl (C=O) groups excluding carboxylic acids is 1. The molecule has 0 spiro atoms. The highest BCUT2D eigenvalue weighted by atomic mass is 127. The standard InChI is InChI=1S/C14H16INO2/c1-9(2)12(7-15)16-14(17)11-8-18-13-6-4-3-5-10(11)13/h3-6,8-9,12H,7H2,1-2H3,(H,16,17). The zero-order valence-electron chi connectivity index (χ0n) is 10.4. The Morgan fingerprint density at radius 1 is 1.39 bits per heavy atom. The molecule has 4 heteroatoms. The summed E-state index contributed by atoms with van der Waals surface area (Å²) in [6.45, 7) is 4.22. The summed E-state index contributed by atoms with van der Waals surface area (Å²) in [6, 6.07) is 7.76. The zero-order chi connectivity index (χ0) is 13.1. The van der Waals surface area contributed by atoms with Crippen LogP contribution in [0.5, 0.6) is 0 Å². The molecule has 0 fully saturated rings. The van der Waals surface area contributed by atoms with Crippen molar-refractivity contribution in [2.75, 3.05) is 4.43 Å². The minimum atomic E-state index is -0.0599. The Balaban J connectivity index is 2.23. The summed E-state index contributed by atoms with van der Waals surface area (Å²) in [5.74, 6) is 0.360. The third kappa shape index (κ3) is 2.68. The lowest BCUT2D eigenvalue weighted by Gasteiger charge is -2.19. The topological polar surface area (TPSA) is 42.2 Å². The molecule has 2 aromatic rings. The molecule has 96 valence electrons. The first-order chi connectivity index (χ1) is 8.63. The molecule has 0 aliphatic carbocycles. The zero-order valence-corrected chi connectivity index (χ0v) is 12.6. The highest BCUT2D eigenvalue weighted by molar-refractivity contribution is 14.1. The van der Waals surface area contributed by atoms with E-state index >= 15 is 0 Å². The SMILES string of the molecule is CC(C)C(CI)NC(=O)c1coc2ccccc12. The van der Waals surface area contributed by atoms with Crippen LogP contribution in [0.2, 0.25) is 0 Å². The summed E-state index contributed by atoms with van der Waals surface area (Å²) < 4.78 is 6.28. The van der Waals surface area contributed by atoms with Gasteiger partial charge in [-0.15, -0.1) is 0 Å². The largest absolute Gasteiger partial charge is 0.463 e. The summed E-state index contributed by atoms with van der Waals surface area (Å²) in [7, 11) is 0. The lowest BCUT2D eigenvalue weighted by molar-refractivity contribution is 0.0933. The van der Waals surface area contributed by atoms with Crippen molar-refractivity contribution in [1.82, 2.24) is 5.32 Å². The Morgan fingerprint density at radius 3 is 2.78 bits per heavy atom. The van der Waals surface area contributed by atoms with Crippen LogP contribution >= 0.6 is 22.6 Å². The van der Waals surface area contributed by atoms with Gasteiger partial charge < -0.3 is 9.73 Å². The highest BCUT2D eigenvalue weighted by Gasteiger charge is 2.18. The summed E-state index contributed by atoms with van der Waals surface area (Å²) in [5.41, 5.74) is 1.36. The van der Waals surface area contributed by atoms with Crippen molar-refractivity contribution in [2.45, 2.75) is 19.9 Å². The van der Waals surface area contributed by atoms with Crippen LogP contribution in [0.15, 0.2) is 34.9 Å². The molecule has 1 aromatic carbocycles. The second-order valence-corrected chi connectivity index (χ2v) is 5.50. The first kappa shape index (κ1) is 13.4. The molecule has 0 aliphatic rings. The molecule has 1 atom stereocenters. The third-order valence-electron chi connectivity index (χ3n) is 3.01. The number of nitrogens with one attached hydrogen (secondary N) is 1. The molecule has 0 radical (unpaired) electrons. The second kappa shape index (κ2) is 5.73. The summed E-state index contributed by atoms with van der Waals surface area (Å²) in [4.78, 5) is 12.2. The molecule has 2 rings (SSSR count). The maximum atomic E-state index is 12.2. The Labute approximate surface area is 120 Å². The van der Waals surface area contributed by atoms with E-state index in [1.165, 1.54) is 6.26 Å². The number of halogens is 1. The van der Waals surface area contributed by atoms with Gasteiger partial charge in [0.25, 0.3) is 5.91 Å². The fourth-order valence-corrected chi connectivity index (χ4v) is 3.02. The smallest absolute Gasteiger partial charge is 0.255 e. The van der Waals surface area contributed by atoms with Crippen molar-refractivity contribution in [3.05, 3.63) is 36.1 Å². The van der Waals surface area contributed by atoms with E-state index in [1.807, 2.05) is 24.3 Å². The number of hydrogen-bond acceptors (Lipinski definition) is 2. The first-order valence-electron chi connectivity index (χ1n) is 5.96. The minimum absolute atomic E-state index is 0.0599. The number of para-hydroxylation sites is 1. The molecule has 0 aliphatic heterocycles. The van der Waals surface area contributed by atoms with Gasteiger partial charge in [0.15, 0.2) is 0 Å². The number of rotatable bonds is 4. The second-order valence-electron chi connectivity index (χ2n) is 4.62. The van der Waals surface area contributed by atoms with Crippen molar-refractivity contribution in [3.63, 3.8) is 0 Å². The van der Waals surface area contributed by atoms with Crippen LogP contribution in [0.25, 0.3) is 11.0 Å². The van der Waals surface area contributed by atoms with Gasteiger partial charge in [0.2, 0.25) is 0 Å². The lowest BCUT2D eigenvalue weighted by Crippen LogP contribution is -2.39. The van der Waals surface area contributed by atoms with Crippen LogP contribution in [0.1, 0.15) is 24.2 Å². The minimum Gasteiger partial charge on any atom is -0.463 e. The number of alkyl halides is 1. The van der Waals surface area contributed by atoms with Crippen molar-refractivity contribution in [1.29, 1.82) is 0 Å². The first-order valence-corrected chi connectivity index (χ1v) is 7.49. The van der Waals surface area contributed by atoms with E-state index in [9.17, 15) is 4.79 Å². The van der Waals surface area contributed by atoms with Crippen molar-refractivity contribution >= 4 is 39.5 Å². The molecule has 3 nitrogen and oxygen atoms in total. The molecule has 1 heterocycles. The van der Waals surface area contributed by atoms with E-state index in [1.54, 1.807) is 0 Å². The Kier molecular flexibility index (Phi) is 4.27. The Morgan fingerprint density at radius 2 is 2.11 bits per heavy atom. The molecule has 0 saturated heterocycles. The number of amides is 1. The number of hydrogen-bond donors (Lipinski definition) is 1. The van der Waals surface area contributed by atoms with Gasteiger partial charge in [0.05, 0.1) is 5.56 Å². The predicted molar refractivity (Wildman–Crippen MR) is 81.2 cm³/mol. The number of benzene rings is 1. The van der Waals surface area contributed by atoms with Gasteiger partial charge in [0.1, 0.15) is 11.8 Å². The average molecular weight is 357 g/mol. The van der Waals surface area contributed by atoms with Crippen molar-refractivity contribution < 1.29 is 9.21 Å². The van der Waals surface area contributed by atoms with Crippen LogP contribution in [0, 0.1) is 5.92 Å². The molecule has 18 heavy (non-hydrogen) atoms. The van der Waals surface area contributed by atoms with Crippen LogP contribution in [-0.4, -0.2) is 16.4 Å². The third-order valence-corrected chi connectivity index (χ3v) is 3.96. The van der Waals surface area contributed by atoms with E-state index in [0.29, 0.717) is 11.5 Å². The van der Waals surface area contributed by atoms with E-state index in [0.717, 1.165) is 15.4 Å². The quantitative estimate of drug-likeness (QED) is 0.671. The molecule has 1 unspecified atom stereocenters. The monoisotopic (exact) mass is 357 g/mol. The predicted octanol–water partition coefficient (Wildman–Crippen LogP) is 3.62. The van der Waals surface area contributed by atoms with E-state index in [-0.39, 0.29) is 11.9 Å². The van der Waals surface area contributed by atoms with E-state index in [4.69, 9.17) is 4.42 Å². The van der Waals surface area contributed by atoms with Gasteiger partial charge >= 0.3 is 0 Å². The molecule has 1 N–H and O–H groups in total. The van der Waals surface area contributed by atoms with Gasteiger partial charge in [-0.25, -0.2) is 0 Å². The summed E-state index contributed by atoms with van der Waals surface area (Å²) in [6.07, 6.45) is 1.53. The lowest BCUT2D eigenvalue weighted by atomic mass is 10.1. The van der Waals surface area contributed by atoms with Crippen molar-refractivity contribution in [2.24, 2.45) is 5.92 Å². The number of fused-ring (bicyclic) bond motifs is 1. The number of carbonyl (C=O) groups is 1. The van der Waals surface area contributed by atoms with Gasteiger partial charge in [-0.3, -0.25) is 4.79 Å².